The van der Waals surface area contributed by atoms with Gasteiger partial charge in [0.15, 0.2) is 0 Å². The van der Waals surface area contributed by atoms with Crippen molar-refractivity contribution >= 4 is 33.3 Å². The van der Waals surface area contributed by atoms with Gasteiger partial charge in [0.25, 0.3) is 5.91 Å². The molecule has 0 spiro atoms. The van der Waals surface area contributed by atoms with E-state index in [2.05, 4.69) is 5.32 Å². The lowest BCUT2D eigenvalue weighted by molar-refractivity contribution is 0.0526. The van der Waals surface area contributed by atoms with E-state index >= 15 is 0 Å². The number of anilines is 2. The summed E-state index contributed by atoms with van der Waals surface area (Å²) in [5, 5.41) is 2.79. The van der Waals surface area contributed by atoms with Crippen molar-refractivity contribution in [3.8, 4) is 0 Å². The lowest BCUT2D eigenvalue weighted by Crippen LogP contribution is -2.29. The van der Waals surface area contributed by atoms with Crippen molar-refractivity contribution in [2.45, 2.75) is 20.8 Å². The van der Waals surface area contributed by atoms with Crippen LogP contribution in [0.1, 0.15) is 40.1 Å². The molecule has 7 nitrogen and oxygen atoms in total. The minimum absolute atomic E-state index is 0.293. The summed E-state index contributed by atoms with van der Waals surface area (Å²) < 4.78 is 29.8. The number of benzene rings is 2. The zero-order valence-corrected chi connectivity index (χ0v) is 17.2. The van der Waals surface area contributed by atoms with Crippen LogP contribution in [0, 0.1) is 6.92 Å². The topological polar surface area (TPSA) is 92.8 Å². The van der Waals surface area contributed by atoms with Gasteiger partial charge in [-0.3, -0.25) is 9.10 Å². The molecule has 0 radical (unpaired) electrons. The summed E-state index contributed by atoms with van der Waals surface area (Å²) in [6.07, 6.45) is 1.14. The van der Waals surface area contributed by atoms with Gasteiger partial charge < -0.3 is 10.1 Å². The number of amides is 1. The maximum absolute atomic E-state index is 12.5. The highest BCUT2D eigenvalue weighted by molar-refractivity contribution is 7.92. The van der Waals surface area contributed by atoms with Crippen LogP contribution in [0.2, 0.25) is 0 Å². The maximum atomic E-state index is 12.5. The molecule has 150 valence electrons. The number of hydrogen-bond acceptors (Lipinski definition) is 5. The average molecular weight is 404 g/mol. The van der Waals surface area contributed by atoms with Crippen molar-refractivity contribution in [3.05, 3.63) is 59.2 Å². The van der Waals surface area contributed by atoms with Crippen molar-refractivity contribution < 1.29 is 22.7 Å². The van der Waals surface area contributed by atoms with Crippen molar-refractivity contribution in [2.75, 3.05) is 29.0 Å². The van der Waals surface area contributed by atoms with E-state index in [1.165, 1.54) is 4.31 Å². The highest BCUT2D eigenvalue weighted by Gasteiger charge is 2.16. The molecular formula is C20H24N2O5S. The number of esters is 1. The SMILES string of the molecule is CCOC(=O)c1ccc(NC(=O)c2ccc(N(CC)S(C)(=O)=O)cc2)c(C)c1. The molecule has 28 heavy (non-hydrogen) atoms. The summed E-state index contributed by atoms with van der Waals surface area (Å²) in [4.78, 5) is 24.3. The van der Waals surface area contributed by atoms with E-state index < -0.39 is 16.0 Å². The first kappa shape index (κ1) is 21.4. The first-order chi connectivity index (χ1) is 13.2. The second-order valence-electron chi connectivity index (χ2n) is 6.18. The van der Waals surface area contributed by atoms with Crippen LogP contribution in [0.3, 0.4) is 0 Å². The van der Waals surface area contributed by atoms with Gasteiger partial charge >= 0.3 is 5.97 Å². The molecule has 2 rings (SSSR count). The molecule has 0 unspecified atom stereocenters. The van der Waals surface area contributed by atoms with Gasteiger partial charge in [0.2, 0.25) is 10.0 Å². The Labute approximate surface area is 165 Å². The fraction of sp³-hybridized carbons (Fsp3) is 0.300. The fourth-order valence-corrected chi connectivity index (χ4v) is 3.70. The number of nitrogens with one attached hydrogen (secondary N) is 1. The maximum Gasteiger partial charge on any atom is 0.338 e. The van der Waals surface area contributed by atoms with Crippen molar-refractivity contribution in [1.82, 2.24) is 0 Å². The predicted molar refractivity (Wildman–Crippen MR) is 109 cm³/mol. The van der Waals surface area contributed by atoms with Gasteiger partial charge in [-0.2, -0.15) is 0 Å². The molecule has 8 heteroatoms. The molecule has 2 aromatic carbocycles. The summed E-state index contributed by atoms with van der Waals surface area (Å²) in [5.74, 6) is -0.744. The first-order valence-corrected chi connectivity index (χ1v) is 10.7. The monoisotopic (exact) mass is 404 g/mol. The Kier molecular flexibility index (Phi) is 6.80. The fourth-order valence-electron chi connectivity index (χ4n) is 2.73. The average Bonchev–Trinajstić information content (AvgIpc) is 2.63. The van der Waals surface area contributed by atoms with Gasteiger partial charge in [0.05, 0.1) is 24.1 Å². The van der Waals surface area contributed by atoms with Crippen LogP contribution in [0.4, 0.5) is 11.4 Å². The molecule has 0 aliphatic heterocycles. The van der Waals surface area contributed by atoms with Crippen LogP contribution >= 0.6 is 0 Å². The van der Waals surface area contributed by atoms with Crippen LogP contribution in [-0.4, -0.2) is 39.7 Å². The van der Waals surface area contributed by atoms with Crippen LogP contribution in [0.5, 0.6) is 0 Å². The van der Waals surface area contributed by atoms with E-state index in [1.54, 1.807) is 63.2 Å². The zero-order chi connectivity index (χ0) is 20.9. The third-order valence-electron chi connectivity index (χ3n) is 4.09. The van der Waals surface area contributed by atoms with Gasteiger partial charge in [-0.15, -0.1) is 0 Å². The molecule has 0 heterocycles. The lowest BCUT2D eigenvalue weighted by Gasteiger charge is -2.20. The molecule has 0 saturated carbocycles. The number of nitrogens with zero attached hydrogens (tertiary/aromatic N) is 1. The number of sulfonamides is 1. The smallest absolute Gasteiger partial charge is 0.338 e. The lowest BCUT2D eigenvalue weighted by atomic mass is 10.1. The van der Waals surface area contributed by atoms with Gasteiger partial charge in [0, 0.05) is 17.8 Å². The molecule has 1 amide bonds. The molecule has 1 N–H and O–H groups in total. The molecule has 0 aromatic heterocycles. The van der Waals surface area contributed by atoms with E-state index in [-0.39, 0.29) is 5.91 Å². The minimum atomic E-state index is -3.38. The third-order valence-corrected chi connectivity index (χ3v) is 5.36. The van der Waals surface area contributed by atoms with Crippen molar-refractivity contribution in [3.63, 3.8) is 0 Å². The largest absolute Gasteiger partial charge is 0.462 e. The highest BCUT2D eigenvalue weighted by atomic mass is 32.2. The summed E-state index contributed by atoms with van der Waals surface area (Å²) in [6.45, 7) is 5.86. The summed E-state index contributed by atoms with van der Waals surface area (Å²) in [5.41, 5.74) is 2.61. The van der Waals surface area contributed by atoms with Crippen LogP contribution in [0.15, 0.2) is 42.5 Å². The Morgan fingerprint density at radius 2 is 1.64 bits per heavy atom. The quantitative estimate of drug-likeness (QED) is 0.716. The Bertz CT molecular complexity index is 969. The van der Waals surface area contributed by atoms with E-state index in [0.717, 1.165) is 11.8 Å². The van der Waals surface area contributed by atoms with Gasteiger partial charge in [0.1, 0.15) is 0 Å². The van der Waals surface area contributed by atoms with Gasteiger partial charge in [-0.1, -0.05) is 0 Å². The molecule has 0 aliphatic rings. The van der Waals surface area contributed by atoms with E-state index in [0.29, 0.717) is 35.7 Å². The zero-order valence-electron chi connectivity index (χ0n) is 16.4. The Morgan fingerprint density at radius 1 is 1.04 bits per heavy atom. The molecular weight excluding hydrogens is 380 g/mol. The van der Waals surface area contributed by atoms with Crippen molar-refractivity contribution in [1.29, 1.82) is 0 Å². The Hall–Kier alpha value is -2.87. The molecule has 2 aromatic rings. The molecule has 0 aliphatic carbocycles. The summed E-state index contributed by atoms with van der Waals surface area (Å²) in [6, 6.07) is 11.2. The molecule has 0 bridgehead atoms. The number of carbonyl (C=O) groups is 2. The number of hydrogen-bond donors (Lipinski definition) is 1. The number of rotatable bonds is 7. The third kappa shape index (κ3) is 5.10. The number of carbonyl (C=O) groups excluding carboxylic acids is 2. The molecule has 0 fully saturated rings. The van der Waals surface area contributed by atoms with Gasteiger partial charge in [-0.25, -0.2) is 13.2 Å². The second kappa shape index (κ2) is 8.88. The minimum Gasteiger partial charge on any atom is -0.462 e. The normalized spacial score (nSPS) is 11.0. The Morgan fingerprint density at radius 3 is 2.14 bits per heavy atom. The highest BCUT2D eigenvalue weighted by Crippen LogP contribution is 2.21. The van der Waals surface area contributed by atoms with Crippen LogP contribution in [-0.2, 0) is 14.8 Å². The number of ether oxygens (including phenoxy) is 1. The standard InChI is InChI=1S/C20H24N2O5S/c1-5-22(28(4,25)26)17-10-7-15(8-11-17)19(23)21-18-12-9-16(13-14(18)3)20(24)27-6-2/h7-13H,5-6H2,1-4H3,(H,21,23). The van der Waals surface area contributed by atoms with E-state index in [4.69, 9.17) is 4.74 Å². The van der Waals surface area contributed by atoms with Gasteiger partial charge in [-0.05, 0) is 68.8 Å². The molecule has 0 saturated heterocycles. The van der Waals surface area contributed by atoms with Crippen LogP contribution in [0.25, 0.3) is 0 Å². The second-order valence-corrected chi connectivity index (χ2v) is 8.09. The predicted octanol–water partition coefficient (Wildman–Crippen LogP) is 3.21. The van der Waals surface area contributed by atoms with E-state index in [1.807, 2.05) is 0 Å². The van der Waals surface area contributed by atoms with Crippen molar-refractivity contribution in [2.24, 2.45) is 0 Å². The summed E-state index contributed by atoms with van der Waals surface area (Å²) >= 11 is 0. The van der Waals surface area contributed by atoms with E-state index in [9.17, 15) is 18.0 Å². The summed E-state index contributed by atoms with van der Waals surface area (Å²) in [7, 11) is -3.38. The van der Waals surface area contributed by atoms with Crippen LogP contribution < -0.4 is 9.62 Å². The Balaban J connectivity index is 2.16. The molecule has 0 atom stereocenters. The first-order valence-electron chi connectivity index (χ1n) is 8.84. The number of aryl methyl sites for hydroxylation is 1.